The molecule has 1 fully saturated rings. The second kappa shape index (κ2) is 10.3. The van der Waals surface area contributed by atoms with Crippen molar-refractivity contribution in [1.29, 1.82) is 0 Å². The van der Waals surface area contributed by atoms with Gasteiger partial charge >= 0.3 is 0 Å². The smallest absolute Gasteiger partial charge is 0.191 e. The van der Waals surface area contributed by atoms with Gasteiger partial charge in [-0.1, -0.05) is 12.1 Å². The molecule has 0 saturated carbocycles. The molecule has 1 aromatic carbocycles. The van der Waals surface area contributed by atoms with Crippen LogP contribution in [-0.4, -0.2) is 36.7 Å². The van der Waals surface area contributed by atoms with Crippen LogP contribution in [-0.2, 0) is 6.54 Å². The quantitative estimate of drug-likeness (QED) is 0.396. The molecule has 0 spiro atoms. The molecule has 1 aliphatic heterocycles. The third-order valence-corrected chi connectivity index (χ3v) is 5.37. The Bertz CT molecular complexity index is 504. The van der Waals surface area contributed by atoms with E-state index in [1.165, 1.54) is 18.6 Å². The lowest BCUT2D eigenvalue weighted by atomic mass is 10.1. The van der Waals surface area contributed by atoms with Crippen molar-refractivity contribution in [1.82, 2.24) is 10.6 Å². The Labute approximate surface area is 161 Å². The van der Waals surface area contributed by atoms with Crippen molar-refractivity contribution < 1.29 is 4.74 Å². The first-order valence-corrected chi connectivity index (χ1v) is 8.93. The number of rotatable bonds is 6. The molecule has 0 aliphatic carbocycles. The van der Waals surface area contributed by atoms with Gasteiger partial charge in [-0.15, -0.1) is 24.0 Å². The highest BCUT2D eigenvalue weighted by atomic mass is 127. The first-order valence-electron chi connectivity index (χ1n) is 7.94. The lowest BCUT2D eigenvalue weighted by Gasteiger charge is -2.24. The first kappa shape index (κ1) is 20.4. The van der Waals surface area contributed by atoms with Crippen LogP contribution in [0.1, 0.15) is 32.3 Å². The second-order valence-electron chi connectivity index (χ2n) is 5.80. The number of aliphatic imine (C=N–C) groups is 1. The minimum absolute atomic E-state index is 0. The van der Waals surface area contributed by atoms with E-state index in [-0.39, 0.29) is 24.0 Å². The van der Waals surface area contributed by atoms with Crippen LogP contribution in [0.25, 0.3) is 0 Å². The van der Waals surface area contributed by atoms with Crippen molar-refractivity contribution in [2.24, 2.45) is 4.99 Å². The summed E-state index contributed by atoms with van der Waals surface area (Å²) in [7, 11) is 1.69. The van der Waals surface area contributed by atoms with E-state index >= 15 is 0 Å². The van der Waals surface area contributed by atoms with Gasteiger partial charge in [0.1, 0.15) is 5.75 Å². The average molecular weight is 449 g/mol. The minimum Gasteiger partial charge on any atom is -0.497 e. The molecule has 2 rings (SSSR count). The summed E-state index contributed by atoms with van der Waals surface area (Å²) in [5, 5.41) is 6.81. The summed E-state index contributed by atoms with van der Waals surface area (Å²) in [5.41, 5.74) is 1.15. The molecule has 1 heterocycles. The highest BCUT2D eigenvalue weighted by Gasteiger charge is 2.29. The Morgan fingerprint density at radius 3 is 2.87 bits per heavy atom. The molecule has 0 aromatic heterocycles. The van der Waals surface area contributed by atoms with Crippen LogP contribution in [0.3, 0.4) is 0 Å². The number of methoxy groups -OCH3 is 1. The number of thioether (sulfide) groups is 1. The topological polar surface area (TPSA) is 45.7 Å². The minimum atomic E-state index is 0. The zero-order valence-electron chi connectivity index (χ0n) is 14.2. The number of nitrogens with one attached hydrogen (secondary N) is 2. The molecule has 0 bridgehead atoms. The van der Waals surface area contributed by atoms with E-state index in [9.17, 15) is 0 Å². The molecule has 1 aliphatic rings. The highest BCUT2D eigenvalue weighted by molar-refractivity contribution is 14.0. The number of guanidine groups is 1. The molecular weight excluding hydrogens is 421 g/mol. The second-order valence-corrected chi connectivity index (χ2v) is 7.48. The van der Waals surface area contributed by atoms with Gasteiger partial charge in [0.15, 0.2) is 5.96 Å². The average Bonchev–Trinajstić information content (AvgIpc) is 2.97. The maximum absolute atomic E-state index is 5.25. The molecule has 1 unspecified atom stereocenters. The molecule has 6 heteroatoms. The fourth-order valence-electron chi connectivity index (χ4n) is 2.53. The summed E-state index contributed by atoms with van der Waals surface area (Å²) in [6.07, 6.45) is 2.60. The van der Waals surface area contributed by atoms with Gasteiger partial charge in [-0.3, -0.25) is 0 Å². The van der Waals surface area contributed by atoms with Gasteiger partial charge in [0.05, 0.1) is 13.7 Å². The van der Waals surface area contributed by atoms with Gasteiger partial charge in [-0.2, -0.15) is 11.8 Å². The van der Waals surface area contributed by atoms with E-state index in [1.54, 1.807) is 7.11 Å². The Morgan fingerprint density at radius 2 is 2.22 bits per heavy atom. The monoisotopic (exact) mass is 449 g/mol. The number of benzene rings is 1. The molecule has 0 amide bonds. The third kappa shape index (κ3) is 6.79. The molecule has 1 atom stereocenters. The van der Waals surface area contributed by atoms with Gasteiger partial charge in [0, 0.05) is 17.8 Å². The van der Waals surface area contributed by atoms with E-state index in [0.29, 0.717) is 11.3 Å². The third-order valence-electron chi connectivity index (χ3n) is 3.83. The summed E-state index contributed by atoms with van der Waals surface area (Å²) in [6, 6.07) is 8.06. The summed E-state index contributed by atoms with van der Waals surface area (Å²) < 4.78 is 5.59. The normalized spacial score (nSPS) is 20.7. The van der Waals surface area contributed by atoms with Gasteiger partial charge < -0.3 is 15.4 Å². The Balaban J connectivity index is 0.00000264. The Morgan fingerprint density at radius 1 is 1.39 bits per heavy atom. The zero-order valence-corrected chi connectivity index (χ0v) is 17.4. The van der Waals surface area contributed by atoms with Crippen molar-refractivity contribution in [2.45, 2.75) is 38.0 Å². The van der Waals surface area contributed by atoms with Gasteiger partial charge in [0.2, 0.25) is 0 Å². The largest absolute Gasteiger partial charge is 0.497 e. The molecule has 2 N–H and O–H groups in total. The first-order chi connectivity index (χ1) is 10.6. The van der Waals surface area contributed by atoms with Gasteiger partial charge in [-0.25, -0.2) is 4.99 Å². The highest BCUT2D eigenvalue weighted by Crippen LogP contribution is 2.36. The van der Waals surface area contributed by atoms with Crippen LogP contribution < -0.4 is 15.4 Å². The predicted molar refractivity (Wildman–Crippen MR) is 111 cm³/mol. The van der Waals surface area contributed by atoms with E-state index in [1.807, 2.05) is 18.2 Å². The molecular formula is C17H28IN3OS. The number of ether oxygens (including phenoxy) is 1. The number of hydrogen-bond donors (Lipinski definition) is 2. The molecule has 1 saturated heterocycles. The zero-order chi connectivity index (χ0) is 15.8. The van der Waals surface area contributed by atoms with E-state index < -0.39 is 0 Å². The van der Waals surface area contributed by atoms with Crippen LogP contribution in [0, 0.1) is 0 Å². The molecule has 0 radical (unpaired) electrons. The van der Waals surface area contributed by atoms with Crippen LogP contribution >= 0.6 is 35.7 Å². The van der Waals surface area contributed by atoms with E-state index in [0.717, 1.165) is 30.4 Å². The molecule has 23 heavy (non-hydrogen) atoms. The Hall–Kier alpha value is -0.630. The summed E-state index contributed by atoms with van der Waals surface area (Å²) in [6.45, 7) is 6.91. The number of hydrogen-bond acceptors (Lipinski definition) is 3. The molecule has 130 valence electrons. The predicted octanol–water partition coefficient (Wildman–Crippen LogP) is 3.65. The maximum atomic E-state index is 5.25. The van der Waals surface area contributed by atoms with Crippen molar-refractivity contribution in [3.8, 4) is 5.75 Å². The standard InChI is InChI=1S/C17H27N3OS.HI/c1-4-18-16(20-13-17(2)9-6-10-22-17)19-12-14-7-5-8-15(11-14)21-3;/h5,7-8,11H,4,6,9-10,12-13H2,1-3H3,(H2,18,19,20);1H. The number of nitrogens with zero attached hydrogens (tertiary/aromatic N) is 1. The maximum Gasteiger partial charge on any atom is 0.191 e. The molecule has 1 aromatic rings. The van der Waals surface area contributed by atoms with Crippen LogP contribution in [0.4, 0.5) is 0 Å². The lowest BCUT2D eigenvalue weighted by molar-refractivity contribution is 0.414. The summed E-state index contributed by atoms with van der Waals surface area (Å²) in [4.78, 5) is 4.68. The van der Waals surface area contributed by atoms with E-state index in [4.69, 9.17) is 4.74 Å². The van der Waals surface area contributed by atoms with Crippen molar-refractivity contribution >= 4 is 41.7 Å². The van der Waals surface area contributed by atoms with Crippen molar-refractivity contribution in [3.63, 3.8) is 0 Å². The van der Waals surface area contributed by atoms with Crippen LogP contribution in [0.15, 0.2) is 29.3 Å². The van der Waals surface area contributed by atoms with Crippen LogP contribution in [0.2, 0.25) is 0 Å². The number of halogens is 1. The van der Waals surface area contributed by atoms with E-state index in [2.05, 4.69) is 47.3 Å². The van der Waals surface area contributed by atoms with Crippen LogP contribution in [0.5, 0.6) is 5.75 Å². The fourth-order valence-corrected chi connectivity index (χ4v) is 3.77. The van der Waals surface area contributed by atoms with Crippen molar-refractivity contribution in [3.05, 3.63) is 29.8 Å². The van der Waals surface area contributed by atoms with Gasteiger partial charge in [0.25, 0.3) is 0 Å². The molecule has 4 nitrogen and oxygen atoms in total. The fraction of sp³-hybridized carbons (Fsp3) is 0.588. The Kier molecular flexibility index (Phi) is 9.12. The summed E-state index contributed by atoms with van der Waals surface area (Å²) >= 11 is 2.06. The lowest BCUT2D eigenvalue weighted by Crippen LogP contribution is -2.43. The van der Waals surface area contributed by atoms with Gasteiger partial charge in [-0.05, 0) is 50.1 Å². The summed E-state index contributed by atoms with van der Waals surface area (Å²) in [5.74, 6) is 3.04. The van der Waals surface area contributed by atoms with Crippen molar-refractivity contribution in [2.75, 3.05) is 26.0 Å². The SMILES string of the molecule is CCNC(=NCc1cccc(OC)c1)NCC1(C)CCCS1.I.